The van der Waals surface area contributed by atoms with Crippen LogP contribution in [0.25, 0.3) is 0 Å². The first-order chi connectivity index (χ1) is 11.2. The van der Waals surface area contributed by atoms with Crippen molar-refractivity contribution in [1.82, 2.24) is 20.3 Å². The maximum absolute atomic E-state index is 5.18. The lowest BCUT2D eigenvalue weighted by Crippen LogP contribution is -2.10. The summed E-state index contributed by atoms with van der Waals surface area (Å²) in [5.74, 6) is 1.73. The molecule has 2 aromatic heterocycles. The molecule has 120 valence electrons. The standard InChI is InChI=1S/C14H16N6OS2/c1-20(2)12-16-11(21-19-12)9-22-14-18-17-13(23-14)15-8-10-6-4-3-5-7-10/h3-7H,8-9H2,1-2H3,(H,15,17). The minimum absolute atomic E-state index is 0.572. The van der Waals surface area contributed by atoms with Gasteiger partial charge in [-0.2, -0.15) is 4.98 Å². The maximum Gasteiger partial charge on any atom is 0.265 e. The van der Waals surface area contributed by atoms with Gasteiger partial charge in [0.25, 0.3) is 5.95 Å². The third-order valence-electron chi connectivity index (χ3n) is 2.87. The quantitative estimate of drug-likeness (QED) is 0.653. The van der Waals surface area contributed by atoms with Gasteiger partial charge in [-0.3, -0.25) is 0 Å². The van der Waals surface area contributed by atoms with Crippen molar-refractivity contribution < 1.29 is 4.52 Å². The van der Waals surface area contributed by atoms with Gasteiger partial charge in [-0.15, -0.1) is 10.2 Å². The molecule has 23 heavy (non-hydrogen) atoms. The summed E-state index contributed by atoms with van der Waals surface area (Å²) >= 11 is 3.05. The molecule has 0 fully saturated rings. The highest BCUT2D eigenvalue weighted by atomic mass is 32.2. The Morgan fingerprint density at radius 1 is 1.22 bits per heavy atom. The van der Waals surface area contributed by atoms with Crippen LogP contribution in [0, 0.1) is 0 Å². The summed E-state index contributed by atoms with van der Waals surface area (Å²) in [5, 5.41) is 16.2. The van der Waals surface area contributed by atoms with Gasteiger partial charge in [-0.25, -0.2) is 0 Å². The van der Waals surface area contributed by atoms with E-state index in [4.69, 9.17) is 4.52 Å². The van der Waals surface area contributed by atoms with E-state index in [0.29, 0.717) is 17.6 Å². The monoisotopic (exact) mass is 348 g/mol. The first-order valence-corrected chi connectivity index (χ1v) is 8.75. The smallest absolute Gasteiger partial charge is 0.265 e. The second kappa shape index (κ2) is 7.42. The minimum atomic E-state index is 0.572. The number of nitrogens with one attached hydrogen (secondary N) is 1. The highest BCUT2D eigenvalue weighted by Crippen LogP contribution is 2.28. The molecule has 1 aromatic carbocycles. The second-order valence-electron chi connectivity index (χ2n) is 4.88. The zero-order valence-corrected chi connectivity index (χ0v) is 14.4. The number of rotatable bonds is 7. The fourth-order valence-electron chi connectivity index (χ4n) is 1.72. The van der Waals surface area contributed by atoms with Crippen LogP contribution in [-0.4, -0.2) is 34.4 Å². The van der Waals surface area contributed by atoms with E-state index in [1.54, 1.807) is 4.90 Å². The normalized spacial score (nSPS) is 10.7. The molecule has 0 saturated carbocycles. The van der Waals surface area contributed by atoms with E-state index in [-0.39, 0.29) is 0 Å². The van der Waals surface area contributed by atoms with Crippen molar-refractivity contribution in [3.8, 4) is 0 Å². The van der Waals surface area contributed by atoms with Gasteiger partial charge in [0.2, 0.25) is 11.0 Å². The Hall–Kier alpha value is -2.13. The number of benzene rings is 1. The van der Waals surface area contributed by atoms with Crippen LogP contribution in [0.3, 0.4) is 0 Å². The highest BCUT2D eigenvalue weighted by Gasteiger charge is 2.10. The van der Waals surface area contributed by atoms with Gasteiger partial charge >= 0.3 is 0 Å². The van der Waals surface area contributed by atoms with Gasteiger partial charge in [-0.1, -0.05) is 53.4 Å². The Labute approximate surface area is 142 Å². The minimum Gasteiger partial charge on any atom is -0.356 e. The van der Waals surface area contributed by atoms with Gasteiger partial charge < -0.3 is 14.7 Å². The Morgan fingerprint density at radius 2 is 2.04 bits per heavy atom. The number of hydrogen-bond acceptors (Lipinski definition) is 9. The van der Waals surface area contributed by atoms with Crippen molar-refractivity contribution in [3.05, 3.63) is 41.8 Å². The molecule has 0 bridgehead atoms. The van der Waals surface area contributed by atoms with Gasteiger partial charge in [0.1, 0.15) is 0 Å². The molecule has 0 atom stereocenters. The maximum atomic E-state index is 5.18. The largest absolute Gasteiger partial charge is 0.356 e. The Bertz CT molecular complexity index is 743. The fourth-order valence-corrected chi connectivity index (χ4v) is 3.31. The molecule has 0 saturated heterocycles. The topological polar surface area (TPSA) is 80.0 Å². The van der Waals surface area contributed by atoms with E-state index >= 15 is 0 Å². The van der Waals surface area contributed by atoms with Crippen molar-refractivity contribution in [2.24, 2.45) is 0 Å². The molecule has 1 N–H and O–H groups in total. The van der Waals surface area contributed by atoms with Crippen LogP contribution < -0.4 is 10.2 Å². The van der Waals surface area contributed by atoms with Crippen molar-refractivity contribution in [3.63, 3.8) is 0 Å². The molecule has 0 radical (unpaired) electrons. The molecule has 0 spiro atoms. The SMILES string of the molecule is CN(C)c1noc(CSc2nnc(NCc3ccccc3)s2)n1. The summed E-state index contributed by atoms with van der Waals surface area (Å²) in [6.07, 6.45) is 0. The predicted octanol–water partition coefficient (Wildman–Crippen LogP) is 2.89. The van der Waals surface area contributed by atoms with Crippen LogP contribution in [-0.2, 0) is 12.3 Å². The van der Waals surface area contributed by atoms with E-state index in [0.717, 1.165) is 16.0 Å². The summed E-state index contributed by atoms with van der Waals surface area (Å²) in [4.78, 5) is 6.08. The molecule has 2 heterocycles. The summed E-state index contributed by atoms with van der Waals surface area (Å²) in [5.41, 5.74) is 1.21. The van der Waals surface area contributed by atoms with E-state index in [2.05, 4.69) is 37.8 Å². The van der Waals surface area contributed by atoms with Crippen molar-refractivity contribution >= 4 is 34.2 Å². The van der Waals surface area contributed by atoms with E-state index in [1.165, 1.54) is 28.7 Å². The highest BCUT2D eigenvalue weighted by molar-refractivity contribution is 8.00. The van der Waals surface area contributed by atoms with Gasteiger partial charge in [0.15, 0.2) is 4.34 Å². The van der Waals surface area contributed by atoms with Crippen LogP contribution in [0.2, 0.25) is 0 Å². The number of anilines is 2. The van der Waals surface area contributed by atoms with Crippen molar-refractivity contribution in [1.29, 1.82) is 0 Å². The zero-order chi connectivity index (χ0) is 16.1. The third-order valence-corrected chi connectivity index (χ3v) is 4.87. The Morgan fingerprint density at radius 3 is 2.78 bits per heavy atom. The van der Waals surface area contributed by atoms with Crippen LogP contribution in [0.5, 0.6) is 0 Å². The molecule has 0 aliphatic rings. The van der Waals surface area contributed by atoms with Gasteiger partial charge in [-0.05, 0) is 10.7 Å². The first-order valence-electron chi connectivity index (χ1n) is 6.95. The lowest BCUT2D eigenvalue weighted by Gasteiger charge is -2.02. The van der Waals surface area contributed by atoms with Gasteiger partial charge in [0.05, 0.1) is 5.75 Å². The molecule has 9 heteroatoms. The van der Waals surface area contributed by atoms with Crippen molar-refractivity contribution in [2.45, 2.75) is 16.6 Å². The molecular formula is C14H16N6OS2. The molecule has 3 rings (SSSR count). The number of nitrogens with zero attached hydrogens (tertiary/aromatic N) is 5. The van der Waals surface area contributed by atoms with Gasteiger partial charge in [0, 0.05) is 20.6 Å². The molecule has 0 amide bonds. The molecule has 0 aliphatic carbocycles. The van der Waals surface area contributed by atoms with Crippen molar-refractivity contribution in [2.75, 3.05) is 24.3 Å². The van der Waals surface area contributed by atoms with Crippen LogP contribution in [0.4, 0.5) is 11.1 Å². The van der Waals surface area contributed by atoms with Crippen LogP contribution in [0.15, 0.2) is 39.2 Å². The molecule has 0 unspecified atom stereocenters. The zero-order valence-electron chi connectivity index (χ0n) is 12.8. The summed E-state index contributed by atoms with van der Waals surface area (Å²) in [6, 6.07) is 10.2. The first kappa shape index (κ1) is 15.8. The predicted molar refractivity (Wildman–Crippen MR) is 91.9 cm³/mol. The molecular weight excluding hydrogens is 332 g/mol. The summed E-state index contributed by atoms with van der Waals surface area (Å²) in [7, 11) is 3.74. The Kier molecular flexibility index (Phi) is 5.09. The summed E-state index contributed by atoms with van der Waals surface area (Å²) in [6.45, 7) is 0.732. The summed E-state index contributed by atoms with van der Waals surface area (Å²) < 4.78 is 6.04. The molecule has 0 aliphatic heterocycles. The third kappa shape index (κ3) is 4.42. The Balaban J connectivity index is 1.50. The molecule has 7 nitrogen and oxygen atoms in total. The van der Waals surface area contributed by atoms with E-state index in [9.17, 15) is 0 Å². The van der Waals surface area contributed by atoms with Crippen LogP contribution >= 0.6 is 23.1 Å². The lowest BCUT2D eigenvalue weighted by molar-refractivity contribution is 0.390. The van der Waals surface area contributed by atoms with E-state index < -0.39 is 0 Å². The fraction of sp³-hybridized carbons (Fsp3) is 0.286. The average Bonchev–Trinajstić information content (AvgIpc) is 3.21. The van der Waals surface area contributed by atoms with Crippen LogP contribution in [0.1, 0.15) is 11.5 Å². The lowest BCUT2D eigenvalue weighted by atomic mass is 10.2. The molecule has 3 aromatic rings. The number of hydrogen-bond donors (Lipinski definition) is 1. The number of aromatic nitrogens is 4. The van der Waals surface area contributed by atoms with E-state index in [1.807, 2.05) is 32.3 Å². The average molecular weight is 348 g/mol. The number of thioether (sulfide) groups is 1. The second-order valence-corrected chi connectivity index (χ2v) is 7.08.